The molecule has 0 aromatic carbocycles. The Labute approximate surface area is 220 Å². The summed E-state index contributed by atoms with van der Waals surface area (Å²) in [4.78, 5) is 60.4. The third kappa shape index (κ3) is 6.69. The standard InChI is InChI=1S/C21H27N5O9S2/c1-10(2)5-33-21(30)35-9-34-19(29)15-11(6-31-3)7-36-18-14(17(28)26(15)18)24-16(27)13(25-32-4)12-8-37-20(22)23-12/h8,10,14,18H,5-7,9H2,1-4H3,(H2,22,23)(H,24,27)/b25-13-/t14?,18-/m1/s1. The number of fused-ring (bicyclic) bond motifs is 1. The summed E-state index contributed by atoms with van der Waals surface area (Å²) in [6.07, 6.45) is -0.983. The van der Waals surface area contributed by atoms with Crippen molar-refractivity contribution in [2.45, 2.75) is 25.3 Å². The normalized spacial score (nSPS) is 19.2. The molecule has 0 radical (unpaired) electrons. The van der Waals surface area contributed by atoms with E-state index in [1.807, 2.05) is 13.8 Å². The second kappa shape index (κ2) is 12.7. The van der Waals surface area contributed by atoms with Gasteiger partial charge >= 0.3 is 12.1 Å². The van der Waals surface area contributed by atoms with Gasteiger partial charge < -0.3 is 34.8 Å². The number of oxime groups is 1. The van der Waals surface area contributed by atoms with Crippen LogP contribution in [0.4, 0.5) is 9.93 Å². The fraction of sp³-hybridized carbons (Fsp3) is 0.524. The van der Waals surface area contributed by atoms with Gasteiger partial charge in [0, 0.05) is 18.2 Å². The smallest absolute Gasteiger partial charge is 0.434 e. The molecule has 1 unspecified atom stereocenters. The Bertz CT molecular complexity index is 1100. The number of methoxy groups -OCH3 is 1. The highest BCUT2D eigenvalue weighted by molar-refractivity contribution is 8.00. The van der Waals surface area contributed by atoms with Crippen molar-refractivity contribution in [3.63, 3.8) is 0 Å². The number of carbonyl (C=O) groups excluding carboxylic acids is 4. The average molecular weight is 558 g/mol. The number of aromatic nitrogens is 1. The first-order chi connectivity index (χ1) is 17.7. The second-order valence-corrected chi connectivity index (χ2v) is 10.1. The van der Waals surface area contributed by atoms with Crippen molar-refractivity contribution in [2.75, 3.05) is 45.7 Å². The maximum Gasteiger partial charge on any atom is 0.511 e. The van der Waals surface area contributed by atoms with Crippen molar-refractivity contribution >= 4 is 57.9 Å². The zero-order valence-electron chi connectivity index (χ0n) is 20.5. The number of carbonyl (C=O) groups is 4. The fourth-order valence-electron chi connectivity index (χ4n) is 3.33. The molecule has 1 aromatic rings. The van der Waals surface area contributed by atoms with E-state index in [-0.39, 0.29) is 41.4 Å². The summed E-state index contributed by atoms with van der Waals surface area (Å²) in [5.41, 5.74) is 6.16. The van der Waals surface area contributed by atoms with Crippen molar-refractivity contribution < 1.29 is 43.0 Å². The number of ether oxygens (including phenoxy) is 4. The van der Waals surface area contributed by atoms with E-state index in [0.29, 0.717) is 11.3 Å². The number of esters is 1. The molecule has 2 aliphatic rings. The number of thiazole rings is 1. The van der Waals surface area contributed by atoms with Gasteiger partial charge in [0.05, 0.1) is 13.2 Å². The van der Waals surface area contributed by atoms with E-state index in [9.17, 15) is 19.2 Å². The van der Waals surface area contributed by atoms with Gasteiger partial charge in [0.15, 0.2) is 10.8 Å². The van der Waals surface area contributed by atoms with Crippen molar-refractivity contribution in [3.05, 3.63) is 22.3 Å². The van der Waals surface area contributed by atoms with Crippen molar-refractivity contribution in [3.8, 4) is 0 Å². The van der Waals surface area contributed by atoms with E-state index in [0.717, 1.165) is 11.3 Å². The molecule has 0 aliphatic carbocycles. The van der Waals surface area contributed by atoms with Crippen LogP contribution in [0.3, 0.4) is 0 Å². The van der Waals surface area contributed by atoms with Crippen LogP contribution in [0.15, 0.2) is 21.8 Å². The molecular formula is C21H27N5O9S2. The quantitative estimate of drug-likeness (QED) is 0.128. The first kappa shape index (κ1) is 28.2. The molecular weight excluding hydrogens is 530 g/mol. The van der Waals surface area contributed by atoms with E-state index in [1.165, 1.54) is 36.3 Å². The molecule has 0 saturated carbocycles. The van der Waals surface area contributed by atoms with Crippen LogP contribution in [-0.4, -0.2) is 90.9 Å². The topological polar surface area (TPSA) is 181 Å². The van der Waals surface area contributed by atoms with Gasteiger partial charge in [0.1, 0.15) is 29.9 Å². The van der Waals surface area contributed by atoms with Crippen molar-refractivity contribution in [2.24, 2.45) is 11.1 Å². The minimum atomic E-state index is -0.983. The van der Waals surface area contributed by atoms with Crippen LogP contribution < -0.4 is 11.1 Å². The molecule has 1 saturated heterocycles. The van der Waals surface area contributed by atoms with Gasteiger partial charge in [0.25, 0.3) is 11.8 Å². The van der Waals surface area contributed by atoms with Gasteiger partial charge in [-0.3, -0.25) is 14.5 Å². The lowest BCUT2D eigenvalue weighted by molar-refractivity contribution is -0.157. The van der Waals surface area contributed by atoms with Crippen LogP contribution in [0, 0.1) is 5.92 Å². The molecule has 3 rings (SSSR count). The lowest BCUT2D eigenvalue weighted by Crippen LogP contribution is -2.71. The van der Waals surface area contributed by atoms with Crippen LogP contribution in [0.5, 0.6) is 0 Å². The van der Waals surface area contributed by atoms with Crippen LogP contribution in [-0.2, 0) is 38.2 Å². The predicted molar refractivity (Wildman–Crippen MR) is 132 cm³/mol. The molecule has 2 amide bonds. The molecule has 14 nitrogen and oxygen atoms in total. The van der Waals surface area contributed by atoms with E-state index < -0.39 is 42.1 Å². The van der Waals surface area contributed by atoms with Crippen LogP contribution in [0.2, 0.25) is 0 Å². The number of nitrogen functional groups attached to an aromatic ring is 1. The maximum absolute atomic E-state index is 13.1. The van der Waals surface area contributed by atoms with E-state index in [2.05, 4.69) is 15.5 Å². The predicted octanol–water partition coefficient (Wildman–Crippen LogP) is 0.686. The van der Waals surface area contributed by atoms with Gasteiger partial charge in [-0.2, -0.15) is 0 Å². The number of amides is 2. The summed E-state index contributed by atoms with van der Waals surface area (Å²) < 4.78 is 19.8. The largest absolute Gasteiger partial charge is 0.511 e. The Hall–Kier alpha value is -3.37. The zero-order valence-corrected chi connectivity index (χ0v) is 22.2. The number of nitrogens with one attached hydrogen (secondary N) is 1. The van der Waals surface area contributed by atoms with Gasteiger partial charge in [-0.25, -0.2) is 14.6 Å². The zero-order chi connectivity index (χ0) is 27.1. The van der Waals surface area contributed by atoms with Gasteiger partial charge in [-0.15, -0.1) is 23.1 Å². The van der Waals surface area contributed by atoms with Crippen LogP contribution >= 0.6 is 23.1 Å². The first-order valence-electron chi connectivity index (χ1n) is 10.9. The molecule has 2 aliphatic heterocycles. The van der Waals surface area contributed by atoms with E-state index in [1.54, 1.807) is 0 Å². The number of nitrogens with zero attached hydrogens (tertiary/aromatic N) is 3. The fourth-order valence-corrected chi connectivity index (χ4v) is 5.21. The number of anilines is 1. The van der Waals surface area contributed by atoms with Gasteiger partial charge in [0.2, 0.25) is 6.79 Å². The van der Waals surface area contributed by atoms with E-state index in [4.69, 9.17) is 29.5 Å². The number of β-lactam (4-membered cyclic amide) rings is 1. The van der Waals surface area contributed by atoms with E-state index >= 15 is 0 Å². The molecule has 1 fully saturated rings. The molecule has 3 N–H and O–H groups in total. The number of rotatable bonds is 11. The minimum absolute atomic E-state index is 0.0293. The van der Waals surface area contributed by atoms with Gasteiger partial charge in [-0.1, -0.05) is 19.0 Å². The molecule has 2 atom stereocenters. The summed E-state index contributed by atoms with van der Waals surface area (Å²) in [6.45, 7) is 3.23. The lowest BCUT2D eigenvalue weighted by Gasteiger charge is -2.49. The Balaban J connectivity index is 1.68. The maximum atomic E-state index is 13.1. The first-order valence-corrected chi connectivity index (χ1v) is 12.9. The molecule has 1 aromatic heterocycles. The highest BCUT2D eigenvalue weighted by Gasteiger charge is 2.54. The molecule has 0 bridgehead atoms. The third-order valence-corrected chi connectivity index (χ3v) is 6.92. The highest BCUT2D eigenvalue weighted by Crippen LogP contribution is 2.40. The number of nitrogens with two attached hydrogens (primary N) is 1. The average Bonchev–Trinajstić information content (AvgIpc) is 3.29. The second-order valence-electron chi connectivity index (χ2n) is 8.09. The minimum Gasteiger partial charge on any atom is -0.434 e. The molecule has 0 spiro atoms. The molecule has 16 heteroatoms. The summed E-state index contributed by atoms with van der Waals surface area (Å²) in [7, 11) is 2.72. The Morgan fingerprint density at radius 1 is 1.27 bits per heavy atom. The van der Waals surface area contributed by atoms with Gasteiger partial charge in [-0.05, 0) is 11.5 Å². The van der Waals surface area contributed by atoms with Crippen molar-refractivity contribution in [1.29, 1.82) is 0 Å². The summed E-state index contributed by atoms with van der Waals surface area (Å²) in [5, 5.41) is 7.49. The highest BCUT2D eigenvalue weighted by atomic mass is 32.2. The molecule has 37 heavy (non-hydrogen) atoms. The van der Waals surface area contributed by atoms with Crippen LogP contribution in [0.1, 0.15) is 19.5 Å². The monoisotopic (exact) mass is 557 g/mol. The number of hydrogen-bond donors (Lipinski definition) is 2. The molecule has 202 valence electrons. The lowest BCUT2D eigenvalue weighted by atomic mass is 10.0. The summed E-state index contributed by atoms with van der Waals surface area (Å²) in [5.74, 6) is -1.69. The Morgan fingerprint density at radius 3 is 2.65 bits per heavy atom. The molecule has 3 heterocycles. The summed E-state index contributed by atoms with van der Waals surface area (Å²) >= 11 is 2.45. The SMILES string of the molecule is COCC1=C(C(=O)OCOC(=O)OCC(C)C)N2C(=O)C(NC(=O)/C(=N\OC)c3csc(N)n3)[C@H]2SC1. The number of thioether (sulfide) groups is 1. The number of hydrogen-bond acceptors (Lipinski definition) is 14. The third-order valence-electron chi connectivity index (χ3n) is 4.91. The summed E-state index contributed by atoms with van der Waals surface area (Å²) in [6, 6.07) is -0.954. The van der Waals surface area contributed by atoms with Crippen LogP contribution in [0.25, 0.3) is 0 Å². The Morgan fingerprint density at radius 2 is 2.03 bits per heavy atom. The Kier molecular flexibility index (Phi) is 9.71. The van der Waals surface area contributed by atoms with Crippen molar-refractivity contribution in [1.82, 2.24) is 15.2 Å².